The standard InChI is InChI=1S/C20H33N4O3PS/c1-5-6-7-12-29-20-23-15-13(21)8-10-22-18(15)24(20)19-17(26)16(25)14(27-19)9-11-28(2,3)4/h8,10,14,16-17,19,25-26H,2,5-7,9,11-12H2,1,3-4H3,(H2,21,22)/t14?,16-,17-,19-/m1/s1. The van der Waals surface area contributed by atoms with Gasteiger partial charge in [-0.25, -0.2) is 9.97 Å². The van der Waals surface area contributed by atoms with Crippen molar-refractivity contribution in [2.24, 2.45) is 0 Å². The molecule has 0 saturated carbocycles. The van der Waals surface area contributed by atoms with Gasteiger partial charge in [-0.3, -0.25) is 4.57 Å². The lowest BCUT2D eigenvalue weighted by Crippen LogP contribution is -2.32. The van der Waals surface area contributed by atoms with Crippen molar-refractivity contribution in [3.8, 4) is 0 Å². The van der Waals surface area contributed by atoms with Crippen LogP contribution in [0.25, 0.3) is 11.2 Å². The fourth-order valence-corrected chi connectivity index (χ4v) is 5.46. The second-order valence-corrected chi connectivity index (χ2v) is 13.8. The molecule has 3 rings (SSSR count). The molecule has 0 radical (unpaired) electrons. The SMILES string of the molecule is C=P(C)(C)CCC1O[C@@H](n2c(SCCCCC)nc3c(N)ccnc32)[C@H](O)[C@@H]1O. The maximum absolute atomic E-state index is 10.8. The molecule has 2 aromatic heterocycles. The molecule has 4 N–H and O–H groups in total. The second kappa shape index (κ2) is 9.40. The first-order valence-electron chi connectivity index (χ1n) is 10.2. The van der Waals surface area contributed by atoms with Crippen LogP contribution in [0, 0.1) is 0 Å². The molecule has 0 aliphatic carbocycles. The van der Waals surface area contributed by atoms with E-state index in [1.807, 2.05) is 0 Å². The van der Waals surface area contributed by atoms with Crippen LogP contribution in [-0.4, -0.2) is 74.6 Å². The molecule has 29 heavy (non-hydrogen) atoms. The van der Waals surface area contributed by atoms with E-state index in [2.05, 4.69) is 36.5 Å². The summed E-state index contributed by atoms with van der Waals surface area (Å²) < 4.78 is 7.97. The summed E-state index contributed by atoms with van der Waals surface area (Å²) in [5.74, 6) is 0.909. The number of hydrogen-bond acceptors (Lipinski definition) is 7. The number of aromatic nitrogens is 3. The number of pyridine rings is 1. The number of nitrogen functional groups attached to an aromatic ring is 1. The van der Waals surface area contributed by atoms with Crippen molar-refractivity contribution in [1.82, 2.24) is 14.5 Å². The Morgan fingerprint density at radius 2 is 2.07 bits per heavy atom. The van der Waals surface area contributed by atoms with E-state index in [0.717, 1.165) is 31.2 Å². The topological polar surface area (TPSA) is 106 Å². The van der Waals surface area contributed by atoms with Crippen LogP contribution in [0.3, 0.4) is 0 Å². The molecule has 1 saturated heterocycles. The van der Waals surface area contributed by atoms with Crippen molar-refractivity contribution in [3.05, 3.63) is 12.3 Å². The van der Waals surface area contributed by atoms with Crippen molar-refractivity contribution in [2.75, 3.05) is 31.0 Å². The third-order valence-corrected chi connectivity index (χ3v) is 7.68. The Balaban J connectivity index is 1.90. The molecule has 7 nitrogen and oxygen atoms in total. The number of hydrogen-bond donors (Lipinski definition) is 3. The van der Waals surface area contributed by atoms with Crippen molar-refractivity contribution in [1.29, 1.82) is 0 Å². The minimum atomic E-state index is -1.25. The first-order valence-corrected chi connectivity index (χ1v) is 14.2. The zero-order valence-corrected chi connectivity index (χ0v) is 19.2. The number of ether oxygens (including phenoxy) is 1. The summed E-state index contributed by atoms with van der Waals surface area (Å²) >= 11 is 1.61. The molecule has 1 fully saturated rings. The highest BCUT2D eigenvalue weighted by Gasteiger charge is 2.45. The van der Waals surface area contributed by atoms with Crippen molar-refractivity contribution < 1.29 is 14.9 Å². The van der Waals surface area contributed by atoms with Gasteiger partial charge in [0.05, 0.1) is 11.8 Å². The van der Waals surface area contributed by atoms with Gasteiger partial charge in [0.2, 0.25) is 0 Å². The maximum atomic E-state index is 10.8. The normalized spacial score (nSPS) is 25.1. The number of anilines is 1. The number of imidazole rings is 1. The lowest BCUT2D eigenvalue weighted by molar-refractivity contribution is -0.0400. The quantitative estimate of drug-likeness (QED) is 0.313. The summed E-state index contributed by atoms with van der Waals surface area (Å²) in [5.41, 5.74) is 7.83. The van der Waals surface area contributed by atoms with Crippen molar-refractivity contribution in [3.63, 3.8) is 0 Å². The van der Waals surface area contributed by atoms with E-state index in [9.17, 15) is 10.2 Å². The predicted molar refractivity (Wildman–Crippen MR) is 123 cm³/mol. The summed E-state index contributed by atoms with van der Waals surface area (Å²) in [4.78, 5) is 9.14. The highest BCUT2D eigenvalue weighted by molar-refractivity contribution is 7.99. The zero-order chi connectivity index (χ0) is 21.2. The van der Waals surface area contributed by atoms with Crippen molar-refractivity contribution >= 4 is 41.8 Å². The molecule has 1 aliphatic heterocycles. The Hall–Kier alpha value is -1.05. The molecular weight excluding hydrogens is 407 g/mol. The highest BCUT2D eigenvalue weighted by atomic mass is 32.2. The molecule has 2 aromatic rings. The third kappa shape index (κ3) is 5.17. The summed E-state index contributed by atoms with van der Waals surface area (Å²) in [5, 5.41) is 22.1. The number of nitrogens with two attached hydrogens (primary N) is 1. The van der Waals surface area contributed by atoms with Crippen LogP contribution in [0.5, 0.6) is 0 Å². The van der Waals surface area contributed by atoms with E-state index in [0.29, 0.717) is 28.4 Å². The third-order valence-electron chi connectivity index (χ3n) is 5.17. The molecule has 1 aliphatic rings. The summed E-state index contributed by atoms with van der Waals surface area (Å²) in [7, 11) is 0. The van der Waals surface area contributed by atoms with Gasteiger partial charge in [-0.05, 0) is 38.4 Å². The second-order valence-electron chi connectivity index (χ2n) is 8.39. The van der Waals surface area contributed by atoms with E-state index in [-0.39, 0.29) is 0 Å². The molecular formula is C20H33N4O3PS. The number of aliphatic hydroxyl groups excluding tert-OH is 2. The van der Waals surface area contributed by atoms with Crippen LogP contribution in [0.15, 0.2) is 17.4 Å². The maximum Gasteiger partial charge on any atom is 0.172 e. The van der Waals surface area contributed by atoms with Gasteiger partial charge in [0.15, 0.2) is 17.0 Å². The van der Waals surface area contributed by atoms with Crippen LogP contribution >= 0.6 is 18.6 Å². The lowest BCUT2D eigenvalue weighted by atomic mass is 10.1. The molecule has 0 aromatic carbocycles. The summed E-state index contributed by atoms with van der Waals surface area (Å²) in [6.07, 6.45) is 7.61. The lowest BCUT2D eigenvalue weighted by Gasteiger charge is -2.20. The Morgan fingerprint density at radius 1 is 1.31 bits per heavy atom. The van der Waals surface area contributed by atoms with Gasteiger partial charge in [0.1, 0.15) is 17.7 Å². The van der Waals surface area contributed by atoms with Crippen LogP contribution in [0.4, 0.5) is 5.69 Å². The monoisotopic (exact) mass is 440 g/mol. The zero-order valence-electron chi connectivity index (χ0n) is 17.5. The van der Waals surface area contributed by atoms with E-state index in [1.165, 1.54) is 0 Å². The number of fused-ring (bicyclic) bond motifs is 1. The van der Waals surface area contributed by atoms with E-state index in [4.69, 9.17) is 10.5 Å². The summed E-state index contributed by atoms with van der Waals surface area (Å²) in [6.45, 7) is 5.24. The van der Waals surface area contributed by atoms with Crippen LogP contribution in [-0.2, 0) is 4.74 Å². The van der Waals surface area contributed by atoms with E-state index in [1.54, 1.807) is 28.6 Å². The minimum absolute atomic E-state index is 0.438. The first-order chi connectivity index (χ1) is 13.7. The van der Waals surface area contributed by atoms with Gasteiger partial charge >= 0.3 is 0 Å². The number of nitrogens with zero attached hydrogens (tertiary/aromatic N) is 3. The van der Waals surface area contributed by atoms with Gasteiger partial charge in [0, 0.05) is 11.9 Å². The van der Waals surface area contributed by atoms with Gasteiger partial charge in [0.25, 0.3) is 0 Å². The van der Waals surface area contributed by atoms with Crippen LogP contribution < -0.4 is 5.73 Å². The van der Waals surface area contributed by atoms with Gasteiger partial charge in [-0.15, -0.1) is 13.2 Å². The van der Waals surface area contributed by atoms with Gasteiger partial charge in [-0.1, -0.05) is 31.5 Å². The highest BCUT2D eigenvalue weighted by Crippen LogP contribution is 2.41. The molecule has 9 heteroatoms. The Bertz CT molecular complexity index is 884. The minimum Gasteiger partial charge on any atom is -0.397 e. The van der Waals surface area contributed by atoms with E-state index >= 15 is 0 Å². The number of rotatable bonds is 9. The fraction of sp³-hybridized carbons (Fsp3) is 0.650. The number of unbranched alkanes of at least 4 members (excludes halogenated alkanes) is 2. The average molecular weight is 441 g/mol. The smallest absolute Gasteiger partial charge is 0.172 e. The fourth-order valence-electron chi connectivity index (χ4n) is 3.49. The molecule has 1 unspecified atom stereocenters. The van der Waals surface area contributed by atoms with Gasteiger partial charge in [-0.2, -0.15) is 0 Å². The van der Waals surface area contributed by atoms with E-state index < -0.39 is 31.4 Å². The summed E-state index contributed by atoms with van der Waals surface area (Å²) in [6, 6.07) is 1.72. The Morgan fingerprint density at radius 3 is 2.76 bits per heavy atom. The molecule has 162 valence electrons. The Labute approximate surface area is 177 Å². The predicted octanol–water partition coefficient (Wildman–Crippen LogP) is 3.01. The molecule has 0 amide bonds. The largest absolute Gasteiger partial charge is 0.397 e. The molecule has 4 atom stereocenters. The van der Waals surface area contributed by atoms with Gasteiger partial charge < -0.3 is 20.7 Å². The van der Waals surface area contributed by atoms with Crippen LogP contribution in [0.1, 0.15) is 38.8 Å². The number of thioether (sulfide) groups is 1. The first kappa shape index (κ1) is 22.6. The van der Waals surface area contributed by atoms with Crippen LogP contribution in [0.2, 0.25) is 0 Å². The average Bonchev–Trinajstić information content (AvgIpc) is 3.16. The van der Waals surface area contributed by atoms with Crippen molar-refractivity contribution in [2.45, 2.75) is 62.3 Å². The number of aliphatic hydroxyl groups is 2. The Kier molecular flexibility index (Phi) is 7.33. The molecule has 0 bridgehead atoms. The molecule has 0 spiro atoms. The molecule has 3 heterocycles.